The standard InChI is InChI=1S/C31H34N2O6/c1-20(2)33(17-28(34)35)30(36)29(21(3)38-18-22-11-5-4-6-12-22)32-31(37)39-19-27-25-15-9-7-13-23(25)24-14-8-10-16-26(24)27/h4-16,20-21,27,29H,17-19H2,1-3H3,(H,32,37)(H,34,35). The highest BCUT2D eigenvalue weighted by Crippen LogP contribution is 2.44. The van der Waals surface area contributed by atoms with Gasteiger partial charge < -0.3 is 24.8 Å². The molecule has 0 heterocycles. The Morgan fingerprint density at radius 1 is 0.872 bits per heavy atom. The predicted molar refractivity (Wildman–Crippen MR) is 147 cm³/mol. The molecule has 2 N–H and O–H groups in total. The monoisotopic (exact) mass is 530 g/mol. The van der Waals surface area contributed by atoms with Crippen LogP contribution in [0.1, 0.15) is 43.4 Å². The van der Waals surface area contributed by atoms with Crippen LogP contribution < -0.4 is 5.32 Å². The molecule has 3 aromatic carbocycles. The summed E-state index contributed by atoms with van der Waals surface area (Å²) >= 11 is 0. The second kappa shape index (κ2) is 12.6. The number of carbonyl (C=O) groups is 3. The molecule has 0 spiro atoms. The first kappa shape index (κ1) is 27.9. The number of alkyl carbamates (subject to hydrolysis) is 1. The highest BCUT2D eigenvalue weighted by molar-refractivity contribution is 5.89. The Morgan fingerprint density at radius 3 is 2.00 bits per heavy atom. The first-order valence-electron chi connectivity index (χ1n) is 13.1. The third-order valence-electron chi connectivity index (χ3n) is 6.92. The molecule has 2 amide bonds. The summed E-state index contributed by atoms with van der Waals surface area (Å²) in [4.78, 5) is 39.2. The molecule has 1 aliphatic rings. The molecule has 0 saturated heterocycles. The van der Waals surface area contributed by atoms with Crippen LogP contribution in [-0.2, 0) is 25.7 Å². The minimum absolute atomic E-state index is 0.0864. The molecule has 0 fully saturated rings. The van der Waals surface area contributed by atoms with Gasteiger partial charge in [-0.1, -0.05) is 78.9 Å². The summed E-state index contributed by atoms with van der Waals surface area (Å²) < 4.78 is 11.6. The SMILES string of the molecule is CC(OCc1ccccc1)C(NC(=O)OCC1c2ccccc2-c2ccccc21)C(=O)N(CC(=O)O)C(C)C. The van der Waals surface area contributed by atoms with Crippen molar-refractivity contribution >= 4 is 18.0 Å². The van der Waals surface area contributed by atoms with Crippen molar-refractivity contribution in [3.63, 3.8) is 0 Å². The first-order valence-corrected chi connectivity index (χ1v) is 13.1. The zero-order valence-corrected chi connectivity index (χ0v) is 22.4. The van der Waals surface area contributed by atoms with Gasteiger partial charge >= 0.3 is 12.1 Å². The second-order valence-corrected chi connectivity index (χ2v) is 9.90. The zero-order valence-electron chi connectivity index (χ0n) is 22.4. The highest BCUT2D eigenvalue weighted by atomic mass is 16.5. The molecular weight excluding hydrogens is 496 g/mol. The normalized spacial score (nSPS) is 13.7. The van der Waals surface area contributed by atoms with Gasteiger partial charge in [-0.3, -0.25) is 9.59 Å². The largest absolute Gasteiger partial charge is 0.480 e. The molecule has 4 rings (SSSR count). The number of nitrogens with one attached hydrogen (secondary N) is 1. The maximum Gasteiger partial charge on any atom is 0.407 e. The quantitative estimate of drug-likeness (QED) is 0.368. The van der Waals surface area contributed by atoms with Crippen molar-refractivity contribution in [2.45, 2.75) is 51.5 Å². The summed E-state index contributed by atoms with van der Waals surface area (Å²) in [5.41, 5.74) is 5.28. The number of benzene rings is 3. The van der Waals surface area contributed by atoms with Gasteiger partial charge in [0.1, 0.15) is 19.2 Å². The van der Waals surface area contributed by atoms with E-state index in [1.54, 1.807) is 20.8 Å². The molecule has 0 radical (unpaired) electrons. The predicted octanol–water partition coefficient (Wildman–Crippen LogP) is 4.82. The summed E-state index contributed by atoms with van der Waals surface area (Å²) in [7, 11) is 0. The van der Waals surface area contributed by atoms with E-state index in [0.717, 1.165) is 27.8 Å². The molecule has 0 aliphatic heterocycles. The average molecular weight is 531 g/mol. The Kier molecular flexibility index (Phi) is 8.99. The first-order chi connectivity index (χ1) is 18.8. The number of rotatable bonds is 11. The molecule has 3 aromatic rings. The number of fused-ring (bicyclic) bond motifs is 3. The van der Waals surface area contributed by atoms with Gasteiger partial charge in [-0.25, -0.2) is 4.79 Å². The second-order valence-electron chi connectivity index (χ2n) is 9.90. The van der Waals surface area contributed by atoms with Gasteiger partial charge in [-0.05, 0) is 48.6 Å². The van der Waals surface area contributed by atoms with Gasteiger partial charge in [-0.15, -0.1) is 0 Å². The molecule has 0 bridgehead atoms. The van der Waals surface area contributed by atoms with Crippen molar-refractivity contribution in [2.75, 3.05) is 13.2 Å². The Balaban J connectivity index is 1.49. The maximum absolute atomic E-state index is 13.5. The molecule has 204 valence electrons. The minimum Gasteiger partial charge on any atom is -0.480 e. The van der Waals surface area contributed by atoms with E-state index in [2.05, 4.69) is 17.4 Å². The van der Waals surface area contributed by atoms with Gasteiger partial charge in [0.2, 0.25) is 5.91 Å². The fourth-order valence-corrected chi connectivity index (χ4v) is 4.88. The molecule has 2 atom stereocenters. The number of ether oxygens (including phenoxy) is 2. The minimum atomic E-state index is -1.15. The number of carboxylic acids is 1. The van der Waals surface area contributed by atoms with Crippen molar-refractivity contribution in [1.29, 1.82) is 0 Å². The van der Waals surface area contributed by atoms with E-state index in [9.17, 15) is 19.5 Å². The Labute approximate surface area is 228 Å². The van der Waals surface area contributed by atoms with E-state index < -0.39 is 42.7 Å². The molecular formula is C31H34N2O6. The van der Waals surface area contributed by atoms with Gasteiger partial charge in [0.15, 0.2) is 0 Å². The maximum atomic E-state index is 13.5. The third kappa shape index (κ3) is 6.64. The molecule has 0 aromatic heterocycles. The van der Waals surface area contributed by atoms with Gasteiger partial charge in [0.25, 0.3) is 0 Å². The summed E-state index contributed by atoms with van der Waals surface area (Å²) in [5, 5.41) is 12.0. The van der Waals surface area contributed by atoms with Crippen molar-refractivity contribution in [3.8, 4) is 11.1 Å². The number of hydrogen-bond acceptors (Lipinski definition) is 5. The number of aliphatic carboxylic acids is 1. The number of carboxylic acid groups (broad SMARTS) is 1. The lowest BCUT2D eigenvalue weighted by Gasteiger charge is -2.32. The highest BCUT2D eigenvalue weighted by Gasteiger charge is 2.35. The number of carbonyl (C=O) groups excluding carboxylic acids is 2. The van der Waals surface area contributed by atoms with E-state index in [0.29, 0.717) is 0 Å². The Bertz CT molecular complexity index is 1260. The fourth-order valence-electron chi connectivity index (χ4n) is 4.88. The van der Waals surface area contributed by atoms with Crippen molar-refractivity contribution in [2.24, 2.45) is 0 Å². The van der Waals surface area contributed by atoms with Crippen LogP contribution in [-0.4, -0.2) is 59.3 Å². The van der Waals surface area contributed by atoms with Gasteiger partial charge in [0.05, 0.1) is 12.7 Å². The molecule has 8 heteroatoms. The number of nitrogens with zero attached hydrogens (tertiary/aromatic N) is 1. The fraction of sp³-hybridized carbons (Fsp3) is 0.323. The summed E-state index contributed by atoms with van der Waals surface area (Å²) in [6.45, 7) is 4.93. The van der Waals surface area contributed by atoms with E-state index >= 15 is 0 Å². The van der Waals surface area contributed by atoms with Crippen molar-refractivity contribution < 1.29 is 29.0 Å². The van der Waals surface area contributed by atoms with Crippen LogP contribution in [0.2, 0.25) is 0 Å². The van der Waals surface area contributed by atoms with Crippen LogP contribution in [0.15, 0.2) is 78.9 Å². The van der Waals surface area contributed by atoms with Crippen LogP contribution in [0.4, 0.5) is 4.79 Å². The Morgan fingerprint density at radius 2 is 1.44 bits per heavy atom. The molecule has 8 nitrogen and oxygen atoms in total. The van der Waals surface area contributed by atoms with Gasteiger partial charge in [0, 0.05) is 12.0 Å². The Hall–Kier alpha value is -4.17. The van der Waals surface area contributed by atoms with E-state index in [1.165, 1.54) is 4.90 Å². The summed E-state index contributed by atoms with van der Waals surface area (Å²) in [5.74, 6) is -1.83. The van der Waals surface area contributed by atoms with E-state index in [1.807, 2.05) is 66.7 Å². The van der Waals surface area contributed by atoms with Crippen molar-refractivity contribution in [1.82, 2.24) is 10.2 Å². The molecule has 2 unspecified atom stereocenters. The molecule has 0 saturated carbocycles. The summed E-state index contributed by atoms with van der Waals surface area (Å²) in [6.07, 6.45) is -1.53. The van der Waals surface area contributed by atoms with Crippen LogP contribution in [0.5, 0.6) is 0 Å². The topological polar surface area (TPSA) is 105 Å². The van der Waals surface area contributed by atoms with E-state index in [-0.39, 0.29) is 19.1 Å². The van der Waals surface area contributed by atoms with Crippen molar-refractivity contribution in [3.05, 3.63) is 95.6 Å². The lowest BCUT2D eigenvalue weighted by Crippen LogP contribution is -2.56. The van der Waals surface area contributed by atoms with E-state index in [4.69, 9.17) is 9.47 Å². The third-order valence-corrected chi connectivity index (χ3v) is 6.92. The van der Waals surface area contributed by atoms with Crippen LogP contribution in [0.25, 0.3) is 11.1 Å². The smallest absolute Gasteiger partial charge is 0.407 e. The number of amides is 2. The zero-order chi connectivity index (χ0) is 27.9. The number of hydrogen-bond donors (Lipinski definition) is 2. The van der Waals surface area contributed by atoms with Gasteiger partial charge in [-0.2, -0.15) is 0 Å². The van der Waals surface area contributed by atoms with Crippen LogP contribution >= 0.6 is 0 Å². The van der Waals surface area contributed by atoms with Crippen LogP contribution in [0.3, 0.4) is 0 Å². The lowest BCUT2D eigenvalue weighted by molar-refractivity contribution is -0.148. The molecule has 1 aliphatic carbocycles. The molecule has 39 heavy (non-hydrogen) atoms. The average Bonchev–Trinajstić information content (AvgIpc) is 3.26. The summed E-state index contributed by atoms with van der Waals surface area (Å²) in [6, 6.07) is 23.9. The lowest BCUT2D eigenvalue weighted by atomic mass is 9.98. The van der Waals surface area contributed by atoms with Crippen LogP contribution in [0, 0.1) is 0 Å².